The van der Waals surface area contributed by atoms with E-state index in [9.17, 15) is 9.59 Å². The number of anilines is 1. The van der Waals surface area contributed by atoms with Crippen LogP contribution in [0.1, 0.15) is 101 Å². The molecule has 4 nitrogen and oxygen atoms in total. The van der Waals surface area contributed by atoms with E-state index in [2.05, 4.69) is 24.4 Å². The van der Waals surface area contributed by atoms with Gasteiger partial charge in [0.25, 0.3) is 0 Å². The second kappa shape index (κ2) is 16.8. The first-order valence-corrected chi connectivity index (χ1v) is 11.4. The molecule has 0 heterocycles. The fourth-order valence-electron chi connectivity index (χ4n) is 3.22. The molecule has 0 fully saturated rings. The third-order valence-electron chi connectivity index (χ3n) is 5.04. The van der Waals surface area contributed by atoms with Gasteiger partial charge in [-0.05, 0) is 49.9 Å². The van der Waals surface area contributed by atoms with Crippen molar-refractivity contribution in [2.45, 2.75) is 90.4 Å². The Bertz CT molecular complexity index is 593. The number of carbonyl (C=O) groups excluding carboxylic acids is 1. The van der Waals surface area contributed by atoms with Crippen molar-refractivity contribution in [1.29, 1.82) is 0 Å². The van der Waals surface area contributed by atoms with Crippen molar-refractivity contribution < 1.29 is 14.7 Å². The number of hydrogen-bond donors (Lipinski definition) is 2. The van der Waals surface area contributed by atoms with Crippen LogP contribution in [0.25, 0.3) is 0 Å². The fraction of sp³-hybridized carbons (Fsp3) is 0.600. The summed E-state index contributed by atoms with van der Waals surface area (Å²) in [7, 11) is 0. The number of rotatable bonds is 18. The van der Waals surface area contributed by atoms with Gasteiger partial charge in [0.2, 0.25) is 0 Å². The monoisotopic (exact) mass is 401 g/mol. The average molecular weight is 402 g/mol. The molecule has 29 heavy (non-hydrogen) atoms. The third kappa shape index (κ3) is 13.7. The SMILES string of the molecule is CCCCCCCCCCC=CCCCNc1ccc(C(=O)CCC(=O)O)cc1. The van der Waals surface area contributed by atoms with Crippen molar-refractivity contribution in [1.82, 2.24) is 0 Å². The first-order chi connectivity index (χ1) is 14.1. The number of nitrogens with one attached hydrogen (secondary N) is 1. The normalized spacial score (nSPS) is 11.1. The number of carboxylic acid groups (broad SMARTS) is 1. The van der Waals surface area contributed by atoms with E-state index in [4.69, 9.17) is 5.11 Å². The highest BCUT2D eigenvalue weighted by Gasteiger charge is 2.08. The van der Waals surface area contributed by atoms with Crippen LogP contribution in [0.2, 0.25) is 0 Å². The van der Waals surface area contributed by atoms with E-state index in [0.717, 1.165) is 25.1 Å². The molecule has 1 aromatic carbocycles. The van der Waals surface area contributed by atoms with Crippen molar-refractivity contribution in [2.75, 3.05) is 11.9 Å². The van der Waals surface area contributed by atoms with E-state index in [0.29, 0.717) is 5.56 Å². The number of carbonyl (C=O) groups is 2. The summed E-state index contributed by atoms with van der Waals surface area (Å²) in [4.78, 5) is 22.4. The van der Waals surface area contributed by atoms with E-state index in [1.807, 2.05) is 12.1 Å². The molecule has 0 saturated carbocycles. The van der Waals surface area contributed by atoms with Gasteiger partial charge in [0.1, 0.15) is 0 Å². The van der Waals surface area contributed by atoms with Crippen LogP contribution in [0.4, 0.5) is 5.69 Å². The fourth-order valence-corrected chi connectivity index (χ4v) is 3.22. The molecule has 0 aliphatic heterocycles. The van der Waals surface area contributed by atoms with E-state index in [-0.39, 0.29) is 18.6 Å². The Morgan fingerprint density at radius 2 is 1.41 bits per heavy atom. The zero-order valence-electron chi connectivity index (χ0n) is 18.1. The zero-order valence-corrected chi connectivity index (χ0v) is 18.1. The molecule has 4 heteroatoms. The van der Waals surface area contributed by atoms with Gasteiger partial charge in [0, 0.05) is 24.2 Å². The highest BCUT2D eigenvalue weighted by atomic mass is 16.4. The summed E-state index contributed by atoms with van der Waals surface area (Å²) in [5.74, 6) is -1.07. The molecule has 0 aromatic heterocycles. The molecule has 0 bridgehead atoms. The van der Waals surface area contributed by atoms with Gasteiger partial charge in [0.05, 0.1) is 6.42 Å². The van der Waals surface area contributed by atoms with Crippen LogP contribution in [0, 0.1) is 0 Å². The summed E-state index contributed by atoms with van der Waals surface area (Å²) < 4.78 is 0. The molecule has 1 aromatic rings. The first kappa shape index (κ1) is 24.9. The predicted octanol–water partition coefficient (Wildman–Crippen LogP) is 7.01. The molecular weight excluding hydrogens is 362 g/mol. The molecule has 0 aliphatic rings. The predicted molar refractivity (Wildman–Crippen MR) is 122 cm³/mol. The van der Waals surface area contributed by atoms with Crippen LogP contribution in [0.15, 0.2) is 36.4 Å². The van der Waals surface area contributed by atoms with Crippen molar-refractivity contribution in [3.63, 3.8) is 0 Å². The van der Waals surface area contributed by atoms with Crippen LogP contribution in [0.5, 0.6) is 0 Å². The van der Waals surface area contributed by atoms with E-state index in [1.54, 1.807) is 12.1 Å². The standard InChI is InChI=1S/C25H39NO3/c1-2-3-4-5-6-7-8-9-10-11-12-13-14-21-26-23-17-15-22(16-18-23)24(27)19-20-25(28)29/h11-12,15-18,26H,2-10,13-14,19-21H2,1H3,(H,28,29). The summed E-state index contributed by atoms with van der Waals surface area (Å²) in [6.45, 7) is 3.16. The minimum atomic E-state index is -0.941. The van der Waals surface area contributed by atoms with Crippen molar-refractivity contribution >= 4 is 17.4 Å². The Morgan fingerprint density at radius 1 is 0.828 bits per heavy atom. The lowest BCUT2D eigenvalue weighted by Crippen LogP contribution is -2.05. The van der Waals surface area contributed by atoms with Crippen LogP contribution in [-0.4, -0.2) is 23.4 Å². The van der Waals surface area contributed by atoms with Crippen molar-refractivity contribution in [3.8, 4) is 0 Å². The van der Waals surface area contributed by atoms with Crippen LogP contribution >= 0.6 is 0 Å². The Kier molecular flexibility index (Phi) is 14.5. The van der Waals surface area contributed by atoms with Gasteiger partial charge in [0.15, 0.2) is 5.78 Å². The highest BCUT2D eigenvalue weighted by Crippen LogP contribution is 2.13. The molecule has 2 N–H and O–H groups in total. The molecular formula is C25H39NO3. The highest BCUT2D eigenvalue weighted by molar-refractivity contribution is 5.97. The van der Waals surface area contributed by atoms with Gasteiger partial charge in [-0.25, -0.2) is 0 Å². The first-order valence-electron chi connectivity index (χ1n) is 11.4. The summed E-state index contributed by atoms with van der Waals surface area (Å²) in [6, 6.07) is 7.28. The molecule has 162 valence electrons. The number of carboxylic acids is 1. The Labute approximate surface area is 176 Å². The Balaban J connectivity index is 2.02. The van der Waals surface area contributed by atoms with Gasteiger partial charge < -0.3 is 10.4 Å². The van der Waals surface area contributed by atoms with Crippen molar-refractivity contribution in [2.24, 2.45) is 0 Å². The Hall–Kier alpha value is -2.10. The topological polar surface area (TPSA) is 66.4 Å². The van der Waals surface area contributed by atoms with Gasteiger partial charge in [-0.3, -0.25) is 9.59 Å². The zero-order chi connectivity index (χ0) is 21.2. The second-order valence-electron chi connectivity index (χ2n) is 7.70. The minimum Gasteiger partial charge on any atom is -0.481 e. The summed E-state index contributed by atoms with van der Waals surface area (Å²) >= 11 is 0. The smallest absolute Gasteiger partial charge is 0.303 e. The van der Waals surface area contributed by atoms with E-state index >= 15 is 0 Å². The minimum absolute atomic E-state index is 0.0490. The maximum atomic E-state index is 11.9. The quantitative estimate of drug-likeness (QED) is 0.158. The van der Waals surface area contributed by atoms with Crippen LogP contribution in [-0.2, 0) is 4.79 Å². The molecule has 0 unspecified atom stereocenters. The van der Waals surface area contributed by atoms with Crippen LogP contribution < -0.4 is 5.32 Å². The molecule has 0 spiro atoms. The molecule has 0 aliphatic carbocycles. The summed E-state index contributed by atoms with van der Waals surface area (Å²) in [6.07, 6.45) is 18.8. The van der Waals surface area contributed by atoms with Gasteiger partial charge >= 0.3 is 5.97 Å². The largest absolute Gasteiger partial charge is 0.481 e. The third-order valence-corrected chi connectivity index (χ3v) is 5.04. The molecule has 0 atom stereocenters. The Morgan fingerprint density at radius 3 is 2.03 bits per heavy atom. The van der Waals surface area contributed by atoms with E-state index in [1.165, 1.54) is 57.8 Å². The maximum absolute atomic E-state index is 11.9. The maximum Gasteiger partial charge on any atom is 0.303 e. The van der Waals surface area contributed by atoms with Gasteiger partial charge in [-0.2, -0.15) is 0 Å². The lowest BCUT2D eigenvalue weighted by atomic mass is 10.1. The number of unbranched alkanes of at least 4 members (excludes halogenated alkanes) is 9. The van der Waals surface area contributed by atoms with Crippen LogP contribution in [0.3, 0.4) is 0 Å². The number of hydrogen-bond acceptors (Lipinski definition) is 3. The number of benzene rings is 1. The molecule has 0 saturated heterocycles. The second-order valence-corrected chi connectivity index (χ2v) is 7.70. The number of Topliss-reactive ketones (excluding diaryl/α,β-unsaturated/α-hetero) is 1. The summed E-state index contributed by atoms with van der Waals surface area (Å²) in [5, 5.41) is 12.0. The lowest BCUT2D eigenvalue weighted by molar-refractivity contribution is -0.136. The van der Waals surface area contributed by atoms with Gasteiger partial charge in [-0.15, -0.1) is 0 Å². The summed E-state index contributed by atoms with van der Waals surface area (Å²) in [5.41, 5.74) is 1.56. The molecule has 0 radical (unpaired) electrons. The number of aliphatic carboxylic acids is 1. The lowest BCUT2D eigenvalue weighted by Gasteiger charge is -2.06. The number of ketones is 1. The molecule has 1 rings (SSSR count). The average Bonchev–Trinajstić information content (AvgIpc) is 2.72. The van der Waals surface area contributed by atoms with E-state index < -0.39 is 5.97 Å². The van der Waals surface area contributed by atoms with Crippen molar-refractivity contribution in [3.05, 3.63) is 42.0 Å². The number of allylic oxidation sites excluding steroid dienone is 2. The molecule has 0 amide bonds. The van der Waals surface area contributed by atoms with Gasteiger partial charge in [-0.1, -0.05) is 64.0 Å².